The highest BCUT2D eigenvalue weighted by molar-refractivity contribution is 7.80. The lowest BCUT2D eigenvalue weighted by molar-refractivity contribution is 0.413. The molecule has 4 nitrogen and oxygen atoms in total. The second-order valence-electron chi connectivity index (χ2n) is 7.31. The second-order valence-corrected chi connectivity index (χ2v) is 8.14. The minimum atomic E-state index is 0.646. The molecule has 0 aliphatic carbocycles. The van der Waals surface area contributed by atoms with Gasteiger partial charge in [-0.05, 0) is 41.0 Å². The van der Waals surface area contributed by atoms with Crippen LogP contribution in [0.4, 0.5) is 5.69 Å². The van der Waals surface area contributed by atoms with Crippen LogP contribution in [0.1, 0.15) is 16.7 Å². The lowest BCUT2D eigenvalue weighted by atomic mass is 10.2. The molecule has 4 rings (SSSR count). The molecular formula is C25H23ClN4S. The Hall–Kier alpha value is -3.15. The molecule has 0 fully saturated rings. The molecule has 156 valence electrons. The number of hydrogen-bond acceptors (Lipinski definition) is 2. The molecule has 0 saturated carbocycles. The number of rotatable bonds is 7. The number of anilines is 1. The van der Waals surface area contributed by atoms with E-state index in [1.807, 2.05) is 71.5 Å². The number of nitrogens with one attached hydrogen (secondary N) is 1. The van der Waals surface area contributed by atoms with Crippen LogP contribution in [0.15, 0.2) is 97.3 Å². The number of hydrogen-bond donors (Lipinski definition) is 1. The summed E-state index contributed by atoms with van der Waals surface area (Å²) in [5.41, 5.74) is 4.37. The molecule has 0 aliphatic rings. The Kier molecular flexibility index (Phi) is 6.97. The van der Waals surface area contributed by atoms with Gasteiger partial charge in [-0.15, -0.1) is 0 Å². The van der Waals surface area contributed by atoms with Crippen LogP contribution < -0.4 is 5.32 Å². The van der Waals surface area contributed by atoms with Crippen LogP contribution in [0.5, 0.6) is 0 Å². The summed E-state index contributed by atoms with van der Waals surface area (Å²) in [5, 5.41) is 9.19. The molecule has 31 heavy (non-hydrogen) atoms. The van der Waals surface area contributed by atoms with Gasteiger partial charge in [0, 0.05) is 24.3 Å². The number of nitrogens with zero attached hydrogens (tertiary/aromatic N) is 3. The standard InChI is InChI=1S/C25H23ClN4S/c26-23-13-7-12-22(14-23)18-30-19-24(15-27-30)28-25(31)29(16-20-8-3-1-4-9-20)17-21-10-5-2-6-11-21/h1-15,19H,16-18H2,(H,28,31). The normalized spacial score (nSPS) is 10.6. The van der Waals surface area contributed by atoms with E-state index in [4.69, 9.17) is 23.8 Å². The van der Waals surface area contributed by atoms with Gasteiger partial charge in [0.1, 0.15) is 0 Å². The van der Waals surface area contributed by atoms with E-state index in [1.54, 1.807) is 6.20 Å². The quantitative estimate of drug-likeness (QED) is 0.354. The zero-order valence-corrected chi connectivity index (χ0v) is 18.6. The number of thiocarbonyl (C=S) groups is 1. The van der Waals surface area contributed by atoms with Gasteiger partial charge in [-0.2, -0.15) is 5.10 Å². The van der Waals surface area contributed by atoms with Crippen molar-refractivity contribution in [2.24, 2.45) is 0 Å². The van der Waals surface area contributed by atoms with Gasteiger partial charge in [-0.1, -0.05) is 84.4 Å². The summed E-state index contributed by atoms with van der Waals surface area (Å²) >= 11 is 11.9. The van der Waals surface area contributed by atoms with Gasteiger partial charge >= 0.3 is 0 Å². The van der Waals surface area contributed by atoms with Crippen LogP contribution in [-0.2, 0) is 19.6 Å². The molecule has 1 N–H and O–H groups in total. The van der Waals surface area contributed by atoms with Crippen LogP contribution in [0.2, 0.25) is 5.02 Å². The molecule has 0 unspecified atom stereocenters. The highest BCUT2D eigenvalue weighted by Gasteiger charge is 2.13. The van der Waals surface area contributed by atoms with Crippen molar-refractivity contribution in [3.8, 4) is 0 Å². The average Bonchev–Trinajstić information content (AvgIpc) is 3.21. The fourth-order valence-electron chi connectivity index (χ4n) is 3.35. The summed E-state index contributed by atoms with van der Waals surface area (Å²) in [7, 11) is 0. The van der Waals surface area contributed by atoms with Gasteiger partial charge in [0.15, 0.2) is 5.11 Å². The molecule has 4 aromatic rings. The van der Waals surface area contributed by atoms with Crippen molar-refractivity contribution in [2.45, 2.75) is 19.6 Å². The van der Waals surface area contributed by atoms with Crippen molar-refractivity contribution in [1.82, 2.24) is 14.7 Å². The van der Waals surface area contributed by atoms with E-state index in [0.717, 1.165) is 29.4 Å². The van der Waals surface area contributed by atoms with Gasteiger partial charge in [0.2, 0.25) is 0 Å². The summed E-state index contributed by atoms with van der Waals surface area (Å²) in [4.78, 5) is 2.16. The summed E-state index contributed by atoms with van der Waals surface area (Å²) < 4.78 is 1.87. The monoisotopic (exact) mass is 446 g/mol. The summed E-state index contributed by atoms with van der Waals surface area (Å²) in [6, 6.07) is 28.5. The molecule has 1 heterocycles. The Morgan fingerprint density at radius 3 is 2.10 bits per heavy atom. The van der Waals surface area contributed by atoms with Crippen molar-refractivity contribution < 1.29 is 0 Å². The van der Waals surface area contributed by atoms with Crippen LogP contribution in [-0.4, -0.2) is 19.8 Å². The summed E-state index contributed by atoms with van der Waals surface area (Å²) in [6.07, 6.45) is 3.75. The highest BCUT2D eigenvalue weighted by Crippen LogP contribution is 2.15. The highest BCUT2D eigenvalue weighted by atomic mass is 35.5. The van der Waals surface area contributed by atoms with Crippen LogP contribution in [0.3, 0.4) is 0 Å². The maximum absolute atomic E-state index is 6.09. The molecular weight excluding hydrogens is 424 g/mol. The third-order valence-corrected chi connectivity index (χ3v) is 5.43. The van der Waals surface area contributed by atoms with Gasteiger partial charge in [-0.3, -0.25) is 4.68 Å². The second kappa shape index (κ2) is 10.2. The topological polar surface area (TPSA) is 33.1 Å². The van der Waals surface area contributed by atoms with E-state index in [2.05, 4.69) is 39.6 Å². The van der Waals surface area contributed by atoms with Gasteiger partial charge < -0.3 is 10.2 Å². The summed E-state index contributed by atoms with van der Waals surface area (Å²) in [6.45, 7) is 2.09. The first kappa shape index (κ1) is 21.1. The zero-order valence-electron chi connectivity index (χ0n) is 17.0. The van der Waals surface area contributed by atoms with Crippen molar-refractivity contribution in [3.05, 3.63) is 119 Å². The third-order valence-electron chi connectivity index (χ3n) is 4.84. The Morgan fingerprint density at radius 1 is 0.871 bits per heavy atom. The largest absolute Gasteiger partial charge is 0.340 e. The SMILES string of the molecule is S=C(Nc1cnn(Cc2cccc(Cl)c2)c1)N(Cc1ccccc1)Cc1ccccc1. The van der Waals surface area contributed by atoms with E-state index >= 15 is 0 Å². The van der Waals surface area contributed by atoms with Crippen LogP contribution >= 0.6 is 23.8 Å². The number of benzene rings is 3. The Labute approximate surface area is 193 Å². The van der Waals surface area contributed by atoms with Crippen molar-refractivity contribution in [1.29, 1.82) is 0 Å². The van der Waals surface area contributed by atoms with Gasteiger partial charge in [0.05, 0.1) is 18.4 Å². The molecule has 0 saturated heterocycles. The van der Waals surface area contributed by atoms with Crippen LogP contribution in [0.25, 0.3) is 0 Å². The first-order chi connectivity index (χ1) is 15.2. The molecule has 6 heteroatoms. The van der Waals surface area contributed by atoms with Crippen molar-refractivity contribution in [3.63, 3.8) is 0 Å². The van der Waals surface area contributed by atoms with Gasteiger partial charge in [0.25, 0.3) is 0 Å². The molecule has 0 radical (unpaired) electrons. The Morgan fingerprint density at radius 2 is 1.48 bits per heavy atom. The zero-order chi connectivity index (χ0) is 21.5. The Balaban J connectivity index is 1.46. The van der Waals surface area contributed by atoms with Crippen molar-refractivity contribution in [2.75, 3.05) is 5.32 Å². The molecule has 3 aromatic carbocycles. The molecule has 1 aromatic heterocycles. The van der Waals surface area contributed by atoms with E-state index < -0.39 is 0 Å². The average molecular weight is 447 g/mol. The predicted octanol–water partition coefficient (Wildman–Crippen LogP) is 5.98. The lowest BCUT2D eigenvalue weighted by Crippen LogP contribution is -2.33. The van der Waals surface area contributed by atoms with E-state index in [0.29, 0.717) is 11.7 Å². The van der Waals surface area contributed by atoms with Crippen molar-refractivity contribution >= 4 is 34.6 Å². The molecule has 0 bridgehead atoms. The first-order valence-electron chi connectivity index (χ1n) is 10.1. The van der Waals surface area contributed by atoms with Crippen LogP contribution in [0, 0.1) is 0 Å². The molecule has 0 atom stereocenters. The van der Waals surface area contributed by atoms with E-state index in [1.165, 1.54) is 11.1 Å². The number of halogens is 1. The minimum absolute atomic E-state index is 0.646. The predicted molar refractivity (Wildman–Crippen MR) is 131 cm³/mol. The fourth-order valence-corrected chi connectivity index (χ4v) is 3.81. The van der Waals surface area contributed by atoms with E-state index in [9.17, 15) is 0 Å². The number of aromatic nitrogens is 2. The minimum Gasteiger partial charge on any atom is -0.340 e. The fraction of sp³-hybridized carbons (Fsp3) is 0.120. The van der Waals surface area contributed by atoms with Gasteiger partial charge in [-0.25, -0.2) is 0 Å². The van der Waals surface area contributed by atoms with E-state index in [-0.39, 0.29) is 0 Å². The molecule has 0 aliphatic heterocycles. The summed E-state index contributed by atoms with van der Waals surface area (Å²) in [5.74, 6) is 0. The maximum atomic E-state index is 6.09. The molecule has 0 amide bonds. The third kappa shape index (κ3) is 6.17. The maximum Gasteiger partial charge on any atom is 0.174 e. The Bertz CT molecular complexity index is 1090. The smallest absolute Gasteiger partial charge is 0.174 e. The first-order valence-corrected chi connectivity index (χ1v) is 10.8. The lowest BCUT2D eigenvalue weighted by Gasteiger charge is -2.26. The molecule has 0 spiro atoms.